The van der Waals surface area contributed by atoms with Crippen molar-refractivity contribution in [1.82, 2.24) is 0 Å². The van der Waals surface area contributed by atoms with E-state index in [-0.39, 0.29) is 37.9 Å². The SMILES string of the molecule is CC(C)(C)[Si](C)(C)OC[C@@H](O[Si](C)(C)C(C)(C)C)[C@@H]1O[C@@H](O[C@H]2[C@H]([C@H](O)COC(=O)c3ccccc3)OC(=O)[C@@H]2OC(=O)c2ccccc2)[C@H](O[Si](C)(C)C(C)(C)C)[C@H]1O[Si](C)(C)C(C)(C)C. The minimum Gasteiger partial charge on any atom is -0.459 e. The summed E-state index contributed by atoms with van der Waals surface area (Å²) in [5.74, 6) is -2.43. The molecular weight excluding hydrogens is 921 g/mol. The normalized spacial score (nSPS) is 24.6. The van der Waals surface area contributed by atoms with Gasteiger partial charge in [0.1, 0.15) is 37.1 Å². The van der Waals surface area contributed by atoms with Gasteiger partial charge in [-0.05, 0) is 96.8 Å². The van der Waals surface area contributed by atoms with Gasteiger partial charge in [0.15, 0.2) is 45.7 Å². The third kappa shape index (κ3) is 13.9. The fourth-order valence-corrected chi connectivity index (χ4v) is 11.5. The molecule has 1 N–H and O–H groups in total. The summed E-state index contributed by atoms with van der Waals surface area (Å²) in [7, 11) is -10.3. The smallest absolute Gasteiger partial charge is 0.350 e. The predicted molar refractivity (Wildman–Crippen MR) is 271 cm³/mol. The number of aliphatic hydroxyl groups excluding tert-OH is 1. The van der Waals surface area contributed by atoms with Gasteiger partial charge in [-0.25, -0.2) is 14.4 Å². The topological polar surface area (TPSA) is 155 Å². The average molecular weight is 1010 g/mol. The monoisotopic (exact) mass is 1000 g/mol. The van der Waals surface area contributed by atoms with Crippen molar-refractivity contribution < 1.29 is 60.9 Å². The summed E-state index contributed by atoms with van der Waals surface area (Å²) in [5, 5.41) is 11.0. The van der Waals surface area contributed by atoms with Crippen LogP contribution >= 0.6 is 0 Å². The van der Waals surface area contributed by atoms with Crippen molar-refractivity contribution in [3.05, 3.63) is 71.8 Å². The minimum atomic E-state index is -2.71. The molecule has 9 atom stereocenters. The lowest BCUT2D eigenvalue weighted by atomic mass is 10.0. The molecule has 0 aromatic heterocycles. The number of cyclic esters (lactones) is 1. The molecule has 0 unspecified atom stereocenters. The number of hydrogen-bond acceptors (Lipinski definition) is 13. The van der Waals surface area contributed by atoms with Crippen LogP contribution in [0.5, 0.6) is 0 Å². The number of carbonyl (C=O) groups is 3. The number of ether oxygens (including phenoxy) is 5. The summed E-state index contributed by atoms with van der Waals surface area (Å²) >= 11 is 0. The molecule has 0 radical (unpaired) electrons. The van der Waals surface area contributed by atoms with Crippen LogP contribution in [0.1, 0.15) is 104 Å². The Balaban J connectivity index is 1.92. The number of hydrogen-bond donors (Lipinski definition) is 1. The molecule has 2 fully saturated rings. The van der Waals surface area contributed by atoms with Gasteiger partial charge in [-0.1, -0.05) is 119 Å². The number of benzene rings is 2. The van der Waals surface area contributed by atoms with Gasteiger partial charge in [0, 0.05) is 0 Å². The number of carbonyl (C=O) groups excluding carboxylic acids is 3. The zero-order valence-electron chi connectivity index (χ0n) is 44.2. The third-order valence-electron chi connectivity index (χ3n) is 15.1. The Hall–Kier alpha value is -2.56. The van der Waals surface area contributed by atoms with Gasteiger partial charge in [-0.2, -0.15) is 0 Å². The zero-order valence-corrected chi connectivity index (χ0v) is 48.2. The van der Waals surface area contributed by atoms with E-state index in [4.69, 9.17) is 41.4 Å². The van der Waals surface area contributed by atoms with E-state index in [9.17, 15) is 19.5 Å². The summed E-state index contributed by atoms with van der Waals surface area (Å²) in [4.78, 5) is 40.8. The van der Waals surface area contributed by atoms with Crippen molar-refractivity contribution in [3.8, 4) is 0 Å². The molecule has 13 nitrogen and oxygen atoms in total. The Morgan fingerprint density at radius 3 is 1.51 bits per heavy atom. The van der Waals surface area contributed by atoms with Crippen LogP contribution in [-0.4, -0.2) is 125 Å². The van der Waals surface area contributed by atoms with Crippen molar-refractivity contribution in [2.75, 3.05) is 13.2 Å². The molecule has 0 bridgehead atoms. The second-order valence-electron chi connectivity index (χ2n) is 24.4. The first-order valence-electron chi connectivity index (χ1n) is 23.8. The number of aliphatic hydroxyl groups is 1. The predicted octanol–water partition coefficient (Wildman–Crippen LogP) is 10.7. The van der Waals surface area contributed by atoms with Crippen molar-refractivity contribution in [1.29, 1.82) is 0 Å². The van der Waals surface area contributed by atoms with E-state index < -0.39 is 113 Å². The Morgan fingerprint density at radius 2 is 1.04 bits per heavy atom. The second kappa shape index (κ2) is 21.0. The average Bonchev–Trinajstić information content (AvgIpc) is 3.68. The van der Waals surface area contributed by atoms with Gasteiger partial charge < -0.3 is 46.5 Å². The summed E-state index contributed by atoms with van der Waals surface area (Å²) in [5.41, 5.74) is 0.470. The van der Waals surface area contributed by atoms with Crippen LogP contribution in [0.4, 0.5) is 0 Å². The first-order chi connectivity index (χ1) is 30.4. The van der Waals surface area contributed by atoms with E-state index in [1.54, 1.807) is 60.7 Å². The lowest BCUT2D eigenvalue weighted by molar-refractivity contribution is -0.223. The molecule has 2 aromatic carbocycles. The highest BCUT2D eigenvalue weighted by Crippen LogP contribution is 2.47. The van der Waals surface area contributed by atoms with Crippen LogP contribution in [0.25, 0.3) is 0 Å². The largest absolute Gasteiger partial charge is 0.459 e. The van der Waals surface area contributed by atoms with Crippen LogP contribution in [0.15, 0.2) is 60.7 Å². The van der Waals surface area contributed by atoms with Gasteiger partial charge in [0.05, 0.1) is 23.8 Å². The van der Waals surface area contributed by atoms with Crippen molar-refractivity contribution in [3.63, 3.8) is 0 Å². The molecule has 67 heavy (non-hydrogen) atoms. The third-order valence-corrected chi connectivity index (χ3v) is 33.1. The highest BCUT2D eigenvalue weighted by molar-refractivity contribution is 6.75. The minimum absolute atomic E-state index is 0.103. The summed E-state index contributed by atoms with van der Waals surface area (Å²) in [6, 6.07) is 16.6. The molecule has 2 aliphatic rings. The molecule has 2 aliphatic heterocycles. The van der Waals surface area contributed by atoms with E-state index >= 15 is 0 Å². The van der Waals surface area contributed by atoms with Crippen LogP contribution in [-0.2, 0) is 46.2 Å². The zero-order chi connectivity index (χ0) is 50.9. The Morgan fingerprint density at radius 1 is 0.597 bits per heavy atom. The Bertz CT molecular complexity index is 1970. The van der Waals surface area contributed by atoms with Crippen molar-refractivity contribution in [2.45, 2.75) is 211 Å². The van der Waals surface area contributed by atoms with E-state index in [0.717, 1.165) is 0 Å². The first-order valence-corrected chi connectivity index (χ1v) is 35.4. The highest BCUT2D eigenvalue weighted by Gasteiger charge is 2.61. The highest BCUT2D eigenvalue weighted by atomic mass is 28.4. The molecule has 0 aliphatic carbocycles. The summed E-state index contributed by atoms with van der Waals surface area (Å²) < 4.78 is 60.9. The maximum Gasteiger partial charge on any atom is 0.350 e. The lowest BCUT2D eigenvalue weighted by Crippen LogP contribution is -2.58. The maximum atomic E-state index is 14.0. The second-order valence-corrected chi connectivity index (χ2v) is 43.4. The molecule has 0 spiro atoms. The Kier molecular flexibility index (Phi) is 17.9. The molecule has 2 aromatic rings. The molecule has 0 saturated carbocycles. The number of esters is 3. The van der Waals surface area contributed by atoms with Crippen LogP contribution in [0, 0.1) is 0 Å². The lowest BCUT2D eigenvalue weighted by Gasteiger charge is -2.46. The molecule has 2 heterocycles. The molecule has 4 rings (SSSR count). The summed E-state index contributed by atoms with van der Waals surface area (Å²) in [6.45, 7) is 43.3. The van der Waals surface area contributed by atoms with Crippen LogP contribution in [0.3, 0.4) is 0 Å². The van der Waals surface area contributed by atoms with E-state index in [0.29, 0.717) is 0 Å². The fraction of sp³-hybridized carbons (Fsp3) is 0.700. The molecule has 0 amide bonds. The van der Waals surface area contributed by atoms with Gasteiger partial charge in [0.25, 0.3) is 0 Å². The van der Waals surface area contributed by atoms with Crippen LogP contribution in [0.2, 0.25) is 72.5 Å². The van der Waals surface area contributed by atoms with E-state index in [2.05, 4.69) is 135 Å². The van der Waals surface area contributed by atoms with Gasteiger partial charge in [-0.15, -0.1) is 0 Å². The molecule has 378 valence electrons. The van der Waals surface area contributed by atoms with E-state index in [1.807, 2.05) is 0 Å². The molecular formula is C50H84O13Si4. The molecule has 17 heteroatoms. The quantitative estimate of drug-likeness (QED) is 0.0857. The van der Waals surface area contributed by atoms with Crippen LogP contribution < -0.4 is 0 Å². The van der Waals surface area contributed by atoms with Gasteiger partial charge >= 0.3 is 17.9 Å². The van der Waals surface area contributed by atoms with Gasteiger partial charge in [-0.3, -0.25) is 0 Å². The Labute approximate surface area is 406 Å². The first kappa shape index (κ1) is 57.0. The molecule has 2 saturated heterocycles. The number of rotatable bonds is 18. The van der Waals surface area contributed by atoms with Crippen molar-refractivity contribution >= 4 is 51.2 Å². The summed E-state index contributed by atoms with van der Waals surface area (Å²) in [6.07, 6.45) is -10.6. The van der Waals surface area contributed by atoms with Crippen molar-refractivity contribution in [2.24, 2.45) is 0 Å². The van der Waals surface area contributed by atoms with Gasteiger partial charge in [0.2, 0.25) is 6.10 Å². The van der Waals surface area contributed by atoms with E-state index in [1.165, 1.54) is 0 Å². The fourth-order valence-electron chi connectivity index (χ4n) is 6.57. The maximum absolute atomic E-state index is 14.0. The standard InChI is InChI=1S/C50H84O13Si4/c1-47(2,3)64(13,14)56-32-36(61-65(15,16)48(4,5)6)38-40(62-66(17,18)49(7,8)9)42(63-67(19,20)50(10,11)12)46(59-38)60-39-37(35(51)31-55-43(52)33-27-23-21-24-28-33)57-45(54)41(39)58-44(53)34-29-25-22-26-30-34/h21-30,35-42,46,51H,31-32H2,1-20H3/t35-,36-,37+,38+,39+,40+,41-,42-,46+/m1/s1.